The van der Waals surface area contributed by atoms with Crippen LogP contribution in [0.15, 0.2) is 30.3 Å². The number of carboxylic acids is 1. The van der Waals surface area contributed by atoms with E-state index in [1.165, 1.54) is 5.56 Å². The number of hydrogen-bond donors (Lipinski definition) is 2. The zero-order valence-corrected chi connectivity index (χ0v) is 14.6. The minimum Gasteiger partial charge on any atom is -0.480 e. The molecule has 6 heteroatoms. The van der Waals surface area contributed by atoms with Crippen molar-refractivity contribution in [2.45, 2.75) is 31.8 Å². The minimum atomic E-state index is -0.883. The Labute approximate surface area is 148 Å². The first-order valence-electron chi connectivity index (χ1n) is 9.12. The van der Waals surface area contributed by atoms with Gasteiger partial charge in [0, 0.05) is 32.6 Å². The molecule has 0 unspecified atom stereocenters. The normalized spacial score (nSPS) is 22.7. The highest BCUT2D eigenvalue weighted by Crippen LogP contribution is 2.23. The molecule has 2 heterocycles. The van der Waals surface area contributed by atoms with Gasteiger partial charge in [-0.2, -0.15) is 0 Å². The zero-order chi connectivity index (χ0) is 17.6. The highest BCUT2D eigenvalue weighted by molar-refractivity contribution is 5.79. The molecule has 0 aromatic heterocycles. The lowest BCUT2D eigenvalue weighted by molar-refractivity contribution is -0.143. The largest absolute Gasteiger partial charge is 0.480 e. The van der Waals surface area contributed by atoms with Crippen molar-refractivity contribution in [2.24, 2.45) is 5.92 Å². The Balaban J connectivity index is 1.42. The van der Waals surface area contributed by atoms with Crippen LogP contribution in [0.4, 0.5) is 0 Å². The van der Waals surface area contributed by atoms with Crippen LogP contribution < -0.4 is 5.32 Å². The second-order valence-electron chi connectivity index (χ2n) is 7.09. The first kappa shape index (κ1) is 17.9. The number of benzene rings is 1. The lowest BCUT2D eigenvalue weighted by Crippen LogP contribution is -2.56. The number of amides is 1. The third kappa shape index (κ3) is 5.03. The molecule has 1 aromatic rings. The molecule has 1 aromatic carbocycles. The van der Waals surface area contributed by atoms with Gasteiger partial charge in [-0.15, -0.1) is 0 Å². The Bertz CT molecular complexity index is 585. The second-order valence-corrected chi connectivity index (χ2v) is 7.09. The number of rotatable bonds is 5. The summed E-state index contributed by atoms with van der Waals surface area (Å²) in [5.74, 6) is -0.362. The van der Waals surface area contributed by atoms with Gasteiger partial charge < -0.3 is 15.3 Å². The number of carboxylic acid groups (broad SMARTS) is 1. The van der Waals surface area contributed by atoms with Crippen molar-refractivity contribution in [3.05, 3.63) is 35.9 Å². The summed E-state index contributed by atoms with van der Waals surface area (Å²) in [5.41, 5.74) is 1.33. The van der Waals surface area contributed by atoms with Crippen LogP contribution in [-0.2, 0) is 16.1 Å². The van der Waals surface area contributed by atoms with E-state index in [0.717, 1.165) is 32.5 Å². The molecule has 2 aliphatic rings. The fourth-order valence-corrected chi connectivity index (χ4v) is 3.71. The van der Waals surface area contributed by atoms with Gasteiger partial charge in [-0.1, -0.05) is 30.3 Å². The SMILES string of the molecule is O=C(O)[C@@H]1CN(C(=O)CC2CCN(Cc3ccccc3)CC2)CCN1. The monoisotopic (exact) mass is 345 g/mol. The Morgan fingerprint density at radius 1 is 1.12 bits per heavy atom. The van der Waals surface area contributed by atoms with Gasteiger partial charge in [0.25, 0.3) is 0 Å². The standard InChI is InChI=1S/C19H27N3O3/c23-18(22-11-8-20-17(14-22)19(24)25)12-15-6-9-21(10-7-15)13-16-4-2-1-3-5-16/h1-5,15,17,20H,6-14H2,(H,24,25)/t17-/m0/s1. The smallest absolute Gasteiger partial charge is 0.322 e. The van der Waals surface area contributed by atoms with Crippen LogP contribution in [0.25, 0.3) is 0 Å². The maximum atomic E-state index is 12.5. The number of piperazine rings is 1. The first-order chi connectivity index (χ1) is 12.1. The van der Waals surface area contributed by atoms with Gasteiger partial charge in [0.05, 0.1) is 0 Å². The average molecular weight is 345 g/mol. The van der Waals surface area contributed by atoms with E-state index in [9.17, 15) is 9.59 Å². The summed E-state index contributed by atoms with van der Waals surface area (Å²) in [6.45, 7) is 4.45. The number of hydrogen-bond acceptors (Lipinski definition) is 4. The molecule has 136 valence electrons. The molecule has 0 saturated carbocycles. The molecule has 0 spiro atoms. The van der Waals surface area contributed by atoms with E-state index in [1.807, 2.05) is 6.07 Å². The molecule has 1 amide bonds. The Kier molecular flexibility index (Phi) is 6.04. The van der Waals surface area contributed by atoms with Gasteiger partial charge in [-0.05, 0) is 37.4 Å². The number of aliphatic carboxylic acids is 1. The van der Waals surface area contributed by atoms with Crippen LogP contribution in [0, 0.1) is 5.92 Å². The number of nitrogens with one attached hydrogen (secondary N) is 1. The van der Waals surface area contributed by atoms with Gasteiger partial charge >= 0.3 is 5.97 Å². The highest BCUT2D eigenvalue weighted by Gasteiger charge is 2.29. The maximum absolute atomic E-state index is 12.5. The van der Waals surface area contributed by atoms with Crippen molar-refractivity contribution >= 4 is 11.9 Å². The Morgan fingerprint density at radius 3 is 2.52 bits per heavy atom. The molecular weight excluding hydrogens is 318 g/mol. The Hall–Kier alpha value is -1.92. The number of piperidine rings is 1. The summed E-state index contributed by atoms with van der Waals surface area (Å²) in [4.78, 5) is 27.8. The van der Waals surface area contributed by atoms with E-state index in [-0.39, 0.29) is 12.5 Å². The van der Waals surface area contributed by atoms with Crippen LogP contribution in [-0.4, -0.2) is 65.5 Å². The van der Waals surface area contributed by atoms with E-state index in [2.05, 4.69) is 34.5 Å². The summed E-state index contributed by atoms with van der Waals surface area (Å²) >= 11 is 0. The lowest BCUT2D eigenvalue weighted by atomic mass is 9.92. The van der Waals surface area contributed by atoms with E-state index in [0.29, 0.717) is 25.4 Å². The van der Waals surface area contributed by atoms with E-state index < -0.39 is 12.0 Å². The third-order valence-corrected chi connectivity index (χ3v) is 5.25. The van der Waals surface area contributed by atoms with Crippen LogP contribution in [0.1, 0.15) is 24.8 Å². The van der Waals surface area contributed by atoms with Gasteiger partial charge in [0.1, 0.15) is 6.04 Å². The quantitative estimate of drug-likeness (QED) is 0.838. The summed E-state index contributed by atoms with van der Waals surface area (Å²) < 4.78 is 0. The summed E-state index contributed by atoms with van der Waals surface area (Å²) in [6.07, 6.45) is 2.62. The van der Waals surface area contributed by atoms with E-state index >= 15 is 0 Å². The van der Waals surface area contributed by atoms with Crippen LogP contribution in [0.3, 0.4) is 0 Å². The second kappa shape index (κ2) is 8.45. The van der Waals surface area contributed by atoms with Crippen LogP contribution in [0.5, 0.6) is 0 Å². The van der Waals surface area contributed by atoms with Gasteiger partial charge in [0.15, 0.2) is 0 Å². The molecule has 1 atom stereocenters. The fourth-order valence-electron chi connectivity index (χ4n) is 3.71. The van der Waals surface area contributed by atoms with Crippen molar-refractivity contribution in [1.82, 2.24) is 15.1 Å². The van der Waals surface area contributed by atoms with E-state index in [4.69, 9.17) is 5.11 Å². The first-order valence-corrected chi connectivity index (χ1v) is 9.12. The van der Waals surface area contributed by atoms with Crippen molar-refractivity contribution in [3.8, 4) is 0 Å². The molecule has 2 N–H and O–H groups in total. The predicted octanol–water partition coefficient (Wildman–Crippen LogP) is 1.17. The van der Waals surface area contributed by atoms with Crippen LogP contribution in [0.2, 0.25) is 0 Å². The minimum absolute atomic E-state index is 0.106. The summed E-state index contributed by atoms with van der Waals surface area (Å²) in [7, 11) is 0. The molecule has 25 heavy (non-hydrogen) atoms. The van der Waals surface area contributed by atoms with Crippen LogP contribution >= 0.6 is 0 Å². The average Bonchev–Trinajstić information content (AvgIpc) is 2.64. The third-order valence-electron chi connectivity index (χ3n) is 5.25. The highest BCUT2D eigenvalue weighted by atomic mass is 16.4. The molecular formula is C19H27N3O3. The van der Waals surface area contributed by atoms with Crippen molar-refractivity contribution in [2.75, 3.05) is 32.7 Å². The predicted molar refractivity (Wildman–Crippen MR) is 95.1 cm³/mol. The summed E-state index contributed by atoms with van der Waals surface area (Å²) in [6, 6.07) is 9.84. The topological polar surface area (TPSA) is 72.9 Å². The van der Waals surface area contributed by atoms with Gasteiger partial charge in [0.2, 0.25) is 5.91 Å². The molecule has 2 fully saturated rings. The molecule has 2 saturated heterocycles. The summed E-state index contributed by atoms with van der Waals surface area (Å²) in [5, 5.41) is 12.0. The number of carbonyl (C=O) groups excluding carboxylic acids is 1. The molecule has 0 aliphatic carbocycles. The maximum Gasteiger partial charge on any atom is 0.322 e. The number of nitrogens with zero attached hydrogens (tertiary/aromatic N) is 2. The number of likely N-dealkylation sites (tertiary alicyclic amines) is 1. The molecule has 3 rings (SSSR count). The van der Waals surface area contributed by atoms with Gasteiger partial charge in [-0.3, -0.25) is 14.5 Å². The molecule has 6 nitrogen and oxygen atoms in total. The number of carbonyl (C=O) groups is 2. The van der Waals surface area contributed by atoms with Crippen molar-refractivity contribution in [1.29, 1.82) is 0 Å². The van der Waals surface area contributed by atoms with Gasteiger partial charge in [-0.25, -0.2) is 0 Å². The van der Waals surface area contributed by atoms with Crippen molar-refractivity contribution < 1.29 is 14.7 Å². The molecule has 0 bridgehead atoms. The lowest BCUT2D eigenvalue weighted by Gasteiger charge is -2.35. The van der Waals surface area contributed by atoms with Crippen molar-refractivity contribution in [3.63, 3.8) is 0 Å². The Morgan fingerprint density at radius 2 is 1.84 bits per heavy atom. The molecule has 2 aliphatic heterocycles. The zero-order valence-electron chi connectivity index (χ0n) is 14.6. The molecule has 0 radical (unpaired) electrons. The fraction of sp³-hybridized carbons (Fsp3) is 0.579. The van der Waals surface area contributed by atoms with E-state index in [1.54, 1.807) is 4.90 Å².